The van der Waals surface area contributed by atoms with E-state index in [4.69, 9.17) is 20.9 Å². The van der Waals surface area contributed by atoms with Gasteiger partial charge in [0.2, 0.25) is 15.8 Å². The van der Waals surface area contributed by atoms with Crippen molar-refractivity contribution < 1.29 is 27.3 Å². The van der Waals surface area contributed by atoms with Gasteiger partial charge in [0, 0.05) is 23.7 Å². The van der Waals surface area contributed by atoms with Crippen molar-refractivity contribution >= 4 is 33.4 Å². The highest BCUT2D eigenvalue weighted by molar-refractivity contribution is 7.89. The largest absolute Gasteiger partial charge is 0.454 e. The van der Waals surface area contributed by atoms with Gasteiger partial charge >= 0.3 is 5.97 Å². The third-order valence-corrected chi connectivity index (χ3v) is 7.44. The summed E-state index contributed by atoms with van der Waals surface area (Å²) in [5.41, 5.74) is 0.658. The van der Waals surface area contributed by atoms with Gasteiger partial charge < -0.3 is 9.26 Å². The molecule has 1 aromatic carbocycles. The molecule has 8 nitrogen and oxygen atoms in total. The van der Waals surface area contributed by atoms with Gasteiger partial charge in [0.25, 0.3) is 0 Å². The van der Waals surface area contributed by atoms with E-state index in [1.54, 1.807) is 31.2 Å². The summed E-state index contributed by atoms with van der Waals surface area (Å²) >= 11 is 5.83. The molecule has 30 heavy (non-hydrogen) atoms. The SMILES string of the molecule is Cc1noc(C)c1S(=O)(=O)N1CCC[C@H](C(=O)O[C@H](C)C(=O)c2ccc(Cl)cc2)C1. The van der Waals surface area contributed by atoms with E-state index in [1.807, 2.05) is 0 Å². The highest BCUT2D eigenvalue weighted by Gasteiger charge is 2.37. The maximum absolute atomic E-state index is 13.0. The first-order chi connectivity index (χ1) is 14.1. The van der Waals surface area contributed by atoms with Crippen LogP contribution in [-0.4, -0.2) is 48.8 Å². The van der Waals surface area contributed by atoms with Crippen LogP contribution in [0.5, 0.6) is 0 Å². The Bertz CT molecular complexity index is 1030. The highest BCUT2D eigenvalue weighted by Crippen LogP contribution is 2.28. The Morgan fingerprint density at radius 2 is 1.93 bits per heavy atom. The van der Waals surface area contributed by atoms with E-state index in [0.29, 0.717) is 23.4 Å². The molecule has 0 radical (unpaired) electrons. The van der Waals surface area contributed by atoms with Crippen molar-refractivity contribution in [1.29, 1.82) is 0 Å². The summed E-state index contributed by atoms with van der Waals surface area (Å²) in [6.45, 7) is 4.86. The van der Waals surface area contributed by atoms with Crippen LogP contribution >= 0.6 is 11.6 Å². The van der Waals surface area contributed by atoms with E-state index in [-0.39, 0.29) is 35.2 Å². The number of ketones is 1. The monoisotopic (exact) mass is 454 g/mol. The van der Waals surface area contributed by atoms with Crippen molar-refractivity contribution in [3.8, 4) is 0 Å². The summed E-state index contributed by atoms with van der Waals surface area (Å²) in [7, 11) is -3.85. The van der Waals surface area contributed by atoms with Crippen molar-refractivity contribution in [3.63, 3.8) is 0 Å². The summed E-state index contributed by atoms with van der Waals surface area (Å²) < 4.78 is 37.6. The standard InChI is InChI=1S/C20H23ClN2O6S/c1-12-19(14(3)29-22-12)30(26,27)23-10-4-5-16(11-23)20(25)28-13(2)18(24)15-6-8-17(21)9-7-15/h6-9,13,16H,4-5,10-11H2,1-3H3/t13-,16+/m1/s1. The topological polar surface area (TPSA) is 107 Å². The Labute approximate surface area is 180 Å². The fourth-order valence-corrected chi connectivity index (χ4v) is 5.44. The zero-order valence-electron chi connectivity index (χ0n) is 16.9. The molecule has 1 fully saturated rings. The summed E-state index contributed by atoms with van der Waals surface area (Å²) in [5, 5.41) is 4.20. The number of hydrogen-bond donors (Lipinski definition) is 0. The lowest BCUT2D eigenvalue weighted by atomic mass is 9.99. The molecule has 0 saturated carbocycles. The molecule has 0 aliphatic carbocycles. The van der Waals surface area contributed by atoms with Crippen molar-refractivity contribution in [3.05, 3.63) is 46.3 Å². The van der Waals surface area contributed by atoms with Gasteiger partial charge in [-0.15, -0.1) is 0 Å². The Balaban J connectivity index is 1.68. The third-order valence-electron chi connectivity index (χ3n) is 5.07. The van der Waals surface area contributed by atoms with E-state index in [9.17, 15) is 18.0 Å². The molecule has 1 aliphatic rings. The number of nitrogens with zero attached hydrogens (tertiary/aromatic N) is 2. The number of benzene rings is 1. The smallest absolute Gasteiger partial charge is 0.310 e. The molecular weight excluding hydrogens is 432 g/mol. The summed E-state index contributed by atoms with van der Waals surface area (Å²) in [6.07, 6.45) is -0.0101. The fraction of sp³-hybridized carbons (Fsp3) is 0.450. The molecule has 2 aromatic rings. The van der Waals surface area contributed by atoms with E-state index in [2.05, 4.69) is 5.16 Å². The van der Waals surface area contributed by atoms with Crippen LogP contribution in [0.3, 0.4) is 0 Å². The summed E-state index contributed by atoms with van der Waals surface area (Å²) in [6, 6.07) is 6.30. The molecule has 0 amide bonds. The molecule has 0 unspecified atom stereocenters. The zero-order valence-corrected chi connectivity index (χ0v) is 18.5. The Hall–Kier alpha value is -2.23. The second kappa shape index (κ2) is 8.87. The lowest BCUT2D eigenvalue weighted by Gasteiger charge is -2.31. The van der Waals surface area contributed by atoms with E-state index < -0.39 is 28.0 Å². The molecule has 1 aromatic heterocycles. The minimum absolute atomic E-state index is 0.0208. The average Bonchev–Trinajstić information content (AvgIpc) is 3.06. The minimum atomic E-state index is -3.85. The van der Waals surface area contributed by atoms with Crippen LogP contribution < -0.4 is 0 Å². The molecule has 2 heterocycles. The molecule has 1 aliphatic heterocycles. The van der Waals surface area contributed by atoms with Crippen molar-refractivity contribution in [2.24, 2.45) is 5.92 Å². The second-order valence-corrected chi connectivity index (χ2v) is 9.62. The van der Waals surface area contributed by atoms with Crippen LogP contribution in [0.4, 0.5) is 0 Å². The molecule has 3 rings (SSSR count). The van der Waals surface area contributed by atoms with Gasteiger partial charge in [-0.3, -0.25) is 9.59 Å². The number of carbonyl (C=O) groups excluding carboxylic acids is 2. The van der Waals surface area contributed by atoms with Gasteiger partial charge in [-0.05, 0) is 57.9 Å². The molecule has 0 N–H and O–H groups in total. The normalized spacial score (nSPS) is 18.7. The van der Waals surface area contributed by atoms with Crippen LogP contribution in [-0.2, 0) is 19.6 Å². The number of esters is 1. The summed E-state index contributed by atoms with van der Waals surface area (Å²) in [4.78, 5) is 25.2. The Morgan fingerprint density at radius 3 is 2.53 bits per heavy atom. The molecule has 10 heteroatoms. The van der Waals surface area contributed by atoms with Gasteiger partial charge in [0.05, 0.1) is 5.92 Å². The van der Waals surface area contributed by atoms with Gasteiger partial charge in [0.1, 0.15) is 10.6 Å². The fourth-order valence-electron chi connectivity index (χ4n) is 3.50. The van der Waals surface area contributed by atoms with Gasteiger partial charge in [-0.25, -0.2) is 8.42 Å². The lowest BCUT2D eigenvalue weighted by Crippen LogP contribution is -2.43. The predicted octanol–water partition coefficient (Wildman–Crippen LogP) is 3.16. The van der Waals surface area contributed by atoms with Gasteiger partial charge in [0.15, 0.2) is 11.9 Å². The van der Waals surface area contributed by atoms with E-state index >= 15 is 0 Å². The number of piperidine rings is 1. The molecule has 0 bridgehead atoms. The number of Topliss-reactive ketones (excluding diaryl/α,β-unsaturated/α-hetero) is 1. The third kappa shape index (κ3) is 4.58. The first kappa shape index (κ1) is 22.5. The van der Waals surface area contributed by atoms with Crippen LogP contribution in [0.15, 0.2) is 33.7 Å². The van der Waals surface area contributed by atoms with Crippen molar-refractivity contribution in [2.45, 2.75) is 44.6 Å². The second-order valence-electron chi connectivity index (χ2n) is 7.31. The van der Waals surface area contributed by atoms with Crippen LogP contribution in [0.2, 0.25) is 5.02 Å². The maximum Gasteiger partial charge on any atom is 0.310 e. The van der Waals surface area contributed by atoms with Crippen LogP contribution in [0.1, 0.15) is 41.6 Å². The average molecular weight is 455 g/mol. The predicted molar refractivity (Wildman–Crippen MR) is 109 cm³/mol. The lowest BCUT2D eigenvalue weighted by molar-refractivity contribution is -0.152. The van der Waals surface area contributed by atoms with Crippen LogP contribution in [0.25, 0.3) is 0 Å². The molecular formula is C20H23ClN2O6S. The van der Waals surface area contributed by atoms with E-state index in [1.165, 1.54) is 18.2 Å². The Kier molecular flexibility index (Phi) is 6.64. The van der Waals surface area contributed by atoms with Gasteiger partial charge in [-0.1, -0.05) is 16.8 Å². The first-order valence-electron chi connectivity index (χ1n) is 9.54. The van der Waals surface area contributed by atoms with Crippen molar-refractivity contribution in [2.75, 3.05) is 13.1 Å². The number of aromatic nitrogens is 1. The number of halogens is 1. The number of aryl methyl sites for hydroxylation is 2. The van der Waals surface area contributed by atoms with E-state index in [0.717, 1.165) is 0 Å². The minimum Gasteiger partial charge on any atom is -0.454 e. The van der Waals surface area contributed by atoms with Crippen molar-refractivity contribution in [1.82, 2.24) is 9.46 Å². The van der Waals surface area contributed by atoms with Crippen LogP contribution in [0, 0.1) is 19.8 Å². The summed E-state index contributed by atoms with van der Waals surface area (Å²) in [5.74, 6) is -1.40. The zero-order chi connectivity index (χ0) is 22.1. The number of rotatable bonds is 6. The maximum atomic E-state index is 13.0. The molecule has 2 atom stereocenters. The number of ether oxygens (including phenoxy) is 1. The van der Waals surface area contributed by atoms with Gasteiger partial charge in [-0.2, -0.15) is 4.31 Å². The molecule has 0 spiro atoms. The Morgan fingerprint density at radius 1 is 1.27 bits per heavy atom. The molecule has 1 saturated heterocycles. The first-order valence-corrected chi connectivity index (χ1v) is 11.4. The quantitative estimate of drug-likeness (QED) is 0.487. The number of sulfonamides is 1. The number of hydrogen-bond acceptors (Lipinski definition) is 7. The number of carbonyl (C=O) groups is 2. The highest BCUT2D eigenvalue weighted by atomic mass is 35.5. The molecule has 162 valence electrons.